The lowest BCUT2D eigenvalue weighted by atomic mass is 10.2. The third-order valence-electron chi connectivity index (χ3n) is 2.25. The molecule has 0 atom stereocenters. The van der Waals surface area contributed by atoms with E-state index in [0.29, 0.717) is 0 Å². The van der Waals surface area contributed by atoms with Crippen molar-refractivity contribution in [3.05, 3.63) is 48.0 Å². The van der Waals surface area contributed by atoms with Crippen LogP contribution in [0.15, 0.2) is 46.5 Å². The van der Waals surface area contributed by atoms with Gasteiger partial charge in [0.05, 0.1) is 11.4 Å². The number of nitrogens with zero attached hydrogens (tertiary/aromatic N) is 2. The number of hydrogen-bond acceptors (Lipinski definition) is 3. The van der Waals surface area contributed by atoms with E-state index in [2.05, 4.69) is 22.1 Å². The minimum absolute atomic E-state index is 0.860. The predicted octanol–water partition coefficient (Wildman–Crippen LogP) is 2.53. The van der Waals surface area contributed by atoms with E-state index in [1.807, 2.05) is 24.5 Å². The predicted molar refractivity (Wildman–Crippen MR) is 55.4 cm³/mol. The smallest absolute Gasteiger partial charge is 0.0602 e. The molecule has 1 aliphatic heterocycles. The summed E-state index contributed by atoms with van der Waals surface area (Å²) in [5.74, 6) is 0. The Morgan fingerprint density at radius 2 is 1.50 bits per heavy atom. The van der Waals surface area contributed by atoms with E-state index in [-0.39, 0.29) is 0 Å². The van der Waals surface area contributed by atoms with Crippen molar-refractivity contribution < 1.29 is 0 Å². The van der Waals surface area contributed by atoms with Gasteiger partial charge in [0.2, 0.25) is 0 Å². The summed E-state index contributed by atoms with van der Waals surface area (Å²) in [7, 11) is 0. The molecule has 2 aromatic rings. The van der Waals surface area contributed by atoms with Crippen LogP contribution >= 0.6 is 11.8 Å². The fraction of sp³-hybridized carbons (Fsp3) is 0.0909. The van der Waals surface area contributed by atoms with Crippen molar-refractivity contribution in [2.45, 2.75) is 16.2 Å². The molecule has 0 radical (unpaired) electrons. The van der Waals surface area contributed by atoms with Gasteiger partial charge in [0.1, 0.15) is 0 Å². The highest BCUT2D eigenvalue weighted by Gasteiger charge is 2.16. The lowest BCUT2D eigenvalue weighted by Crippen LogP contribution is -2.03. The number of hydrogen-bond donors (Lipinski definition) is 0. The zero-order valence-corrected chi connectivity index (χ0v) is 8.29. The van der Waals surface area contributed by atoms with Crippen LogP contribution in [0.5, 0.6) is 0 Å². The zero-order valence-electron chi connectivity index (χ0n) is 7.47. The summed E-state index contributed by atoms with van der Waals surface area (Å²) in [6.45, 7) is 0. The highest BCUT2D eigenvalue weighted by molar-refractivity contribution is 7.99. The molecule has 0 spiro atoms. The molecule has 1 aliphatic rings. The van der Waals surface area contributed by atoms with E-state index in [9.17, 15) is 0 Å². The van der Waals surface area contributed by atoms with Crippen LogP contribution in [0, 0.1) is 0 Å². The third-order valence-corrected chi connectivity index (χ3v) is 3.43. The number of pyridine rings is 2. The topological polar surface area (TPSA) is 25.8 Å². The van der Waals surface area contributed by atoms with Crippen LogP contribution in [0.25, 0.3) is 0 Å². The Hall–Kier alpha value is -1.35. The molecular formula is C11H8N2S. The summed E-state index contributed by atoms with van der Waals surface area (Å²) < 4.78 is 0. The Labute approximate surface area is 86.4 Å². The lowest BCUT2D eigenvalue weighted by molar-refractivity contribution is 0.918. The van der Waals surface area contributed by atoms with Gasteiger partial charge in [0.15, 0.2) is 0 Å². The molecular weight excluding hydrogens is 192 g/mol. The van der Waals surface area contributed by atoms with Crippen molar-refractivity contribution >= 4 is 11.8 Å². The first-order chi connectivity index (χ1) is 6.93. The van der Waals surface area contributed by atoms with Crippen molar-refractivity contribution in [3.8, 4) is 0 Å². The Balaban J connectivity index is 2.12. The first-order valence-electron chi connectivity index (χ1n) is 4.49. The molecule has 0 bridgehead atoms. The molecule has 3 heterocycles. The second-order valence-electron chi connectivity index (χ2n) is 3.18. The average Bonchev–Trinajstić information content (AvgIpc) is 2.26. The second kappa shape index (κ2) is 3.10. The normalized spacial score (nSPS) is 13.1. The maximum atomic E-state index is 4.36. The SMILES string of the molecule is c1cnc2c(c1)Sc1cccnc1C2. The second-order valence-corrected chi connectivity index (χ2v) is 4.26. The van der Waals surface area contributed by atoms with Gasteiger partial charge in [-0.3, -0.25) is 9.97 Å². The Bertz CT molecular complexity index is 395. The summed E-state index contributed by atoms with van der Waals surface area (Å²) in [5.41, 5.74) is 2.28. The van der Waals surface area contributed by atoms with Gasteiger partial charge >= 0.3 is 0 Å². The fourth-order valence-electron chi connectivity index (χ4n) is 1.57. The molecule has 0 fully saturated rings. The summed E-state index contributed by atoms with van der Waals surface area (Å²) in [4.78, 5) is 11.2. The van der Waals surface area contributed by atoms with Crippen LogP contribution in [0.1, 0.15) is 11.4 Å². The molecule has 0 amide bonds. The third kappa shape index (κ3) is 1.21. The van der Waals surface area contributed by atoms with Crippen molar-refractivity contribution in [2.24, 2.45) is 0 Å². The number of fused-ring (bicyclic) bond motifs is 2. The maximum Gasteiger partial charge on any atom is 0.0602 e. The van der Waals surface area contributed by atoms with Crippen LogP contribution in [0.2, 0.25) is 0 Å². The molecule has 0 unspecified atom stereocenters. The number of rotatable bonds is 0. The van der Waals surface area contributed by atoms with Gasteiger partial charge in [-0.25, -0.2) is 0 Å². The van der Waals surface area contributed by atoms with E-state index < -0.39 is 0 Å². The van der Waals surface area contributed by atoms with Gasteiger partial charge < -0.3 is 0 Å². The van der Waals surface area contributed by atoms with E-state index in [0.717, 1.165) is 17.8 Å². The molecule has 2 aromatic heterocycles. The van der Waals surface area contributed by atoms with Crippen molar-refractivity contribution in [1.29, 1.82) is 0 Å². The van der Waals surface area contributed by atoms with Gasteiger partial charge in [-0.2, -0.15) is 0 Å². The Kier molecular flexibility index (Phi) is 1.77. The highest BCUT2D eigenvalue weighted by atomic mass is 32.2. The van der Waals surface area contributed by atoms with Crippen LogP contribution in [-0.2, 0) is 6.42 Å². The van der Waals surface area contributed by atoms with Crippen molar-refractivity contribution in [2.75, 3.05) is 0 Å². The van der Waals surface area contributed by atoms with E-state index in [4.69, 9.17) is 0 Å². The molecule has 0 saturated heterocycles. The van der Waals surface area contributed by atoms with E-state index in [1.165, 1.54) is 9.79 Å². The lowest BCUT2D eigenvalue weighted by Gasteiger charge is -2.15. The van der Waals surface area contributed by atoms with Gasteiger partial charge in [-0.15, -0.1) is 0 Å². The summed E-state index contributed by atoms with van der Waals surface area (Å²) >= 11 is 1.76. The quantitative estimate of drug-likeness (QED) is 0.557. The van der Waals surface area contributed by atoms with E-state index in [1.54, 1.807) is 11.8 Å². The molecule has 2 nitrogen and oxygen atoms in total. The van der Waals surface area contributed by atoms with Crippen LogP contribution < -0.4 is 0 Å². The Morgan fingerprint density at radius 1 is 0.929 bits per heavy atom. The van der Waals surface area contributed by atoms with Gasteiger partial charge in [-0.05, 0) is 24.3 Å². The minimum atomic E-state index is 0.860. The number of aromatic nitrogens is 2. The van der Waals surface area contributed by atoms with Crippen LogP contribution in [0.3, 0.4) is 0 Å². The van der Waals surface area contributed by atoms with Crippen LogP contribution in [-0.4, -0.2) is 9.97 Å². The van der Waals surface area contributed by atoms with Gasteiger partial charge in [-0.1, -0.05) is 11.8 Å². The van der Waals surface area contributed by atoms with Gasteiger partial charge in [0, 0.05) is 28.6 Å². The standard InChI is InChI=1S/C11H8N2S/c1-3-10-8(12-5-1)7-9-11(14-10)4-2-6-13-9/h1-6H,7H2. The molecule has 0 aliphatic carbocycles. The molecule has 3 rings (SSSR count). The molecule has 68 valence electrons. The van der Waals surface area contributed by atoms with E-state index >= 15 is 0 Å². The largest absolute Gasteiger partial charge is 0.260 e. The summed E-state index contributed by atoms with van der Waals surface area (Å²) in [6, 6.07) is 8.19. The van der Waals surface area contributed by atoms with Gasteiger partial charge in [0.25, 0.3) is 0 Å². The maximum absolute atomic E-state index is 4.36. The first-order valence-corrected chi connectivity index (χ1v) is 5.31. The zero-order chi connectivity index (χ0) is 9.38. The molecule has 0 N–H and O–H groups in total. The van der Waals surface area contributed by atoms with Crippen molar-refractivity contribution in [3.63, 3.8) is 0 Å². The molecule has 0 saturated carbocycles. The first kappa shape index (κ1) is 8.00. The molecule has 3 heteroatoms. The molecule has 14 heavy (non-hydrogen) atoms. The van der Waals surface area contributed by atoms with Crippen LogP contribution in [0.4, 0.5) is 0 Å². The highest BCUT2D eigenvalue weighted by Crippen LogP contribution is 2.36. The Morgan fingerprint density at radius 3 is 2.07 bits per heavy atom. The summed E-state index contributed by atoms with van der Waals surface area (Å²) in [5, 5.41) is 0. The minimum Gasteiger partial charge on any atom is -0.260 e. The van der Waals surface area contributed by atoms with Crippen molar-refractivity contribution in [1.82, 2.24) is 9.97 Å². The average molecular weight is 200 g/mol. The summed E-state index contributed by atoms with van der Waals surface area (Å²) in [6.07, 6.45) is 4.54. The fourth-order valence-corrected chi connectivity index (χ4v) is 2.59. The molecule has 0 aromatic carbocycles. The monoisotopic (exact) mass is 200 g/mol.